The Morgan fingerprint density at radius 2 is 1.93 bits per heavy atom. The highest BCUT2D eigenvalue weighted by Crippen LogP contribution is 2.61. The maximum Gasteiger partial charge on any atom is 0.307 e. The molecule has 1 aliphatic carbocycles. The average Bonchev–Trinajstić information content (AvgIpc) is 2.43. The minimum atomic E-state index is -0.724. The summed E-state index contributed by atoms with van der Waals surface area (Å²) in [5.74, 6) is -1.50. The number of carboxylic acid groups (broad SMARTS) is 1. The van der Waals surface area contributed by atoms with Gasteiger partial charge >= 0.3 is 5.97 Å². The SMILES string of the molecule is CC1(C)OCC([C@@H]2[C@@H](C(=O)O)C2(C)C)O1. The van der Waals surface area contributed by atoms with Gasteiger partial charge in [-0.25, -0.2) is 0 Å². The van der Waals surface area contributed by atoms with Gasteiger partial charge in [-0.05, 0) is 19.3 Å². The topological polar surface area (TPSA) is 55.8 Å². The molecule has 1 aliphatic heterocycles. The van der Waals surface area contributed by atoms with Crippen molar-refractivity contribution >= 4 is 5.97 Å². The molecule has 2 rings (SSSR count). The lowest BCUT2D eigenvalue weighted by Crippen LogP contribution is -2.23. The van der Waals surface area contributed by atoms with Crippen LogP contribution in [-0.4, -0.2) is 29.6 Å². The summed E-state index contributed by atoms with van der Waals surface area (Å²) in [6.07, 6.45) is -0.0731. The van der Waals surface area contributed by atoms with Gasteiger partial charge in [0.2, 0.25) is 0 Å². The molecule has 2 fully saturated rings. The number of carboxylic acids is 1. The van der Waals surface area contributed by atoms with Crippen LogP contribution in [0, 0.1) is 17.3 Å². The largest absolute Gasteiger partial charge is 0.481 e. The summed E-state index contributed by atoms with van der Waals surface area (Å²) in [5, 5.41) is 9.05. The van der Waals surface area contributed by atoms with E-state index in [1.54, 1.807) is 0 Å². The molecule has 0 aromatic carbocycles. The second-order valence-corrected chi connectivity index (χ2v) is 5.53. The van der Waals surface area contributed by atoms with E-state index in [0.29, 0.717) is 6.61 Å². The average molecular weight is 214 g/mol. The third kappa shape index (κ3) is 1.66. The van der Waals surface area contributed by atoms with Gasteiger partial charge in [0.05, 0.1) is 18.6 Å². The van der Waals surface area contributed by atoms with Crippen molar-refractivity contribution in [2.75, 3.05) is 6.61 Å². The number of hydrogen-bond acceptors (Lipinski definition) is 3. The van der Waals surface area contributed by atoms with Crippen LogP contribution in [0.15, 0.2) is 0 Å². The zero-order chi connectivity index (χ0) is 11.4. The van der Waals surface area contributed by atoms with E-state index in [1.807, 2.05) is 27.7 Å². The van der Waals surface area contributed by atoms with E-state index < -0.39 is 11.8 Å². The minimum absolute atomic E-state index is 0.0731. The number of rotatable bonds is 2. The fourth-order valence-electron chi connectivity index (χ4n) is 2.74. The van der Waals surface area contributed by atoms with Gasteiger partial charge in [0, 0.05) is 5.92 Å². The van der Waals surface area contributed by atoms with Crippen LogP contribution in [0.5, 0.6) is 0 Å². The smallest absolute Gasteiger partial charge is 0.307 e. The standard InChI is InChI=1S/C11H18O4/c1-10(2)7(8(10)9(12)13)6-5-14-11(3,4)15-6/h6-8H,5H2,1-4H3,(H,12,13)/t6?,7-,8+/m1/s1. The molecule has 0 bridgehead atoms. The quantitative estimate of drug-likeness (QED) is 0.756. The first-order valence-electron chi connectivity index (χ1n) is 5.30. The van der Waals surface area contributed by atoms with E-state index in [1.165, 1.54) is 0 Å². The molecule has 0 radical (unpaired) electrons. The molecule has 15 heavy (non-hydrogen) atoms. The second-order valence-electron chi connectivity index (χ2n) is 5.53. The summed E-state index contributed by atoms with van der Waals surface area (Å²) in [6, 6.07) is 0. The molecule has 0 aromatic heterocycles. The van der Waals surface area contributed by atoms with Crippen LogP contribution in [-0.2, 0) is 14.3 Å². The van der Waals surface area contributed by atoms with Gasteiger partial charge in [0.25, 0.3) is 0 Å². The summed E-state index contributed by atoms with van der Waals surface area (Å²) in [7, 11) is 0. The molecule has 0 spiro atoms. The Bertz CT molecular complexity index is 295. The van der Waals surface area contributed by atoms with Crippen LogP contribution in [0.3, 0.4) is 0 Å². The molecule has 1 unspecified atom stereocenters. The lowest BCUT2D eigenvalue weighted by atomic mass is 10.1. The molecule has 2 aliphatic rings. The maximum atomic E-state index is 11.0. The molecular weight excluding hydrogens is 196 g/mol. The van der Waals surface area contributed by atoms with Crippen molar-refractivity contribution in [3.63, 3.8) is 0 Å². The van der Waals surface area contributed by atoms with E-state index in [9.17, 15) is 4.79 Å². The van der Waals surface area contributed by atoms with Crippen molar-refractivity contribution in [2.24, 2.45) is 17.3 Å². The predicted molar refractivity (Wildman–Crippen MR) is 53.3 cm³/mol. The molecule has 1 heterocycles. The lowest BCUT2D eigenvalue weighted by molar-refractivity contribution is -0.145. The third-order valence-electron chi connectivity index (χ3n) is 3.61. The highest BCUT2D eigenvalue weighted by atomic mass is 16.7. The normalized spacial score (nSPS) is 41.5. The van der Waals surface area contributed by atoms with E-state index >= 15 is 0 Å². The molecule has 1 saturated carbocycles. The van der Waals surface area contributed by atoms with E-state index in [-0.39, 0.29) is 23.4 Å². The summed E-state index contributed by atoms with van der Waals surface area (Å²) in [6.45, 7) is 8.18. The molecule has 4 nitrogen and oxygen atoms in total. The van der Waals surface area contributed by atoms with E-state index in [2.05, 4.69) is 0 Å². The zero-order valence-corrected chi connectivity index (χ0v) is 9.61. The fraction of sp³-hybridized carbons (Fsp3) is 0.909. The van der Waals surface area contributed by atoms with Crippen molar-refractivity contribution in [1.82, 2.24) is 0 Å². The molecule has 0 amide bonds. The van der Waals surface area contributed by atoms with Crippen molar-refractivity contribution in [2.45, 2.75) is 39.6 Å². The predicted octanol–water partition coefficient (Wildman–Crippen LogP) is 1.49. The van der Waals surface area contributed by atoms with E-state index in [4.69, 9.17) is 14.6 Å². The van der Waals surface area contributed by atoms with Gasteiger partial charge in [-0.15, -0.1) is 0 Å². The van der Waals surface area contributed by atoms with Crippen LogP contribution in [0.1, 0.15) is 27.7 Å². The van der Waals surface area contributed by atoms with Gasteiger partial charge in [-0.3, -0.25) is 4.79 Å². The number of ether oxygens (including phenoxy) is 2. The first-order chi connectivity index (χ1) is 6.76. The molecule has 86 valence electrons. The Morgan fingerprint density at radius 1 is 1.33 bits per heavy atom. The Hall–Kier alpha value is -0.610. The number of aliphatic carboxylic acids is 1. The zero-order valence-electron chi connectivity index (χ0n) is 9.61. The lowest BCUT2D eigenvalue weighted by Gasteiger charge is -2.17. The summed E-state index contributed by atoms with van der Waals surface area (Å²) >= 11 is 0. The van der Waals surface area contributed by atoms with Gasteiger partial charge in [-0.1, -0.05) is 13.8 Å². The van der Waals surface area contributed by atoms with Gasteiger partial charge in [0.15, 0.2) is 5.79 Å². The second kappa shape index (κ2) is 2.95. The van der Waals surface area contributed by atoms with Crippen LogP contribution >= 0.6 is 0 Å². The Morgan fingerprint density at radius 3 is 2.27 bits per heavy atom. The fourth-order valence-corrected chi connectivity index (χ4v) is 2.74. The van der Waals surface area contributed by atoms with Crippen LogP contribution < -0.4 is 0 Å². The minimum Gasteiger partial charge on any atom is -0.481 e. The van der Waals surface area contributed by atoms with Crippen molar-refractivity contribution in [3.8, 4) is 0 Å². The maximum absolute atomic E-state index is 11.0. The monoisotopic (exact) mass is 214 g/mol. The highest BCUT2D eigenvalue weighted by molar-refractivity contribution is 5.75. The third-order valence-corrected chi connectivity index (χ3v) is 3.61. The van der Waals surface area contributed by atoms with E-state index in [0.717, 1.165) is 0 Å². The van der Waals surface area contributed by atoms with Crippen molar-refractivity contribution in [1.29, 1.82) is 0 Å². The summed E-state index contributed by atoms with van der Waals surface area (Å²) in [4.78, 5) is 11.0. The first-order valence-corrected chi connectivity index (χ1v) is 5.30. The van der Waals surface area contributed by atoms with Crippen LogP contribution in [0.4, 0.5) is 0 Å². The summed E-state index contributed by atoms with van der Waals surface area (Å²) < 4.78 is 11.2. The van der Waals surface area contributed by atoms with Gasteiger partial charge in [-0.2, -0.15) is 0 Å². The van der Waals surface area contributed by atoms with Crippen LogP contribution in [0.2, 0.25) is 0 Å². The van der Waals surface area contributed by atoms with Crippen molar-refractivity contribution < 1.29 is 19.4 Å². The molecule has 3 atom stereocenters. The number of hydrogen-bond donors (Lipinski definition) is 1. The highest BCUT2D eigenvalue weighted by Gasteiger charge is 2.66. The van der Waals surface area contributed by atoms with Gasteiger partial charge < -0.3 is 14.6 Å². The van der Waals surface area contributed by atoms with Crippen LogP contribution in [0.25, 0.3) is 0 Å². The molecule has 1 saturated heterocycles. The molecule has 0 aromatic rings. The Balaban J connectivity index is 2.06. The Labute approximate surface area is 89.6 Å². The number of carbonyl (C=O) groups is 1. The Kier molecular flexibility index (Phi) is 2.14. The van der Waals surface area contributed by atoms with Crippen molar-refractivity contribution in [3.05, 3.63) is 0 Å². The first kappa shape index (κ1) is 10.9. The summed E-state index contributed by atoms with van der Waals surface area (Å²) in [5.41, 5.74) is -0.166. The molecule has 4 heteroatoms. The molecule has 1 N–H and O–H groups in total. The van der Waals surface area contributed by atoms with Gasteiger partial charge in [0.1, 0.15) is 0 Å². The molecular formula is C11H18O4.